The van der Waals surface area contributed by atoms with Crippen molar-refractivity contribution in [1.29, 1.82) is 5.26 Å². The molecule has 0 heterocycles. The Morgan fingerprint density at radius 2 is 1.78 bits per heavy atom. The van der Waals surface area contributed by atoms with E-state index in [4.69, 9.17) is 21.6 Å². The van der Waals surface area contributed by atoms with Gasteiger partial charge < -0.3 is 4.74 Å². The van der Waals surface area contributed by atoms with Gasteiger partial charge in [-0.3, -0.25) is 0 Å². The Balaban J connectivity index is 2.26. The van der Waals surface area contributed by atoms with E-state index < -0.39 is 5.97 Å². The van der Waals surface area contributed by atoms with E-state index in [0.29, 0.717) is 16.1 Å². The monoisotopic (exact) mass is 321 g/mol. The van der Waals surface area contributed by atoms with E-state index in [1.54, 1.807) is 24.3 Å². The third kappa shape index (κ3) is 2.77. The van der Waals surface area contributed by atoms with Crippen molar-refractivity contribution in [2.45, 2.75) is 0 Å². The van der Waals surface area contributed by atoms with Crippen LogP contribution < -0.4 is 0 Å². The van der Waals surface area contributed by atoms with Gasteiger partial charge in [0.15, 0.2) is 0 Å². The van der Waals surface area contributed by atoms with Gasteiger partial charge in [-0.15, -0.1) is 0 Å². The number of nitrogens with zero attached hydrogens (tertiary/aromatic N) is 1. The van der Waals surface area contributed by atoms with Crippen LogP contribution in [0.4, 0.5) is 0 Å². The predicted octanol–water partition coefficient (Wildman–Crippen LogP) is 4.82. The van der Waals surface area contributed by atoms with E-state index in [1.807, 2.05) is 30.3 Å². The van der Waals surface area contributed by atoms with Crippen LogP contribution in [-0.4, -0.2) is 13.1 Å². The molecule has 0 aromatic heterocycles. The molecule has 0 radical (unpaired) electrons. The first-order chi connectivity index (χ1) is 11.1. The zero-order chi connectivity index (χ0) is 16.4. The standard InChI is InChI=1S/C19H12ClNO2/c1-23-19(22)15-7-6-13-8-9-17(20)18(16(13)10-15)14-4-2-12(11-21)3-5-14/h2-10H,1H3. The van der Waals surface area contributed by atoms with Crippen molar-refractivity contribution in [2.75, 3.05) is 7.11 Å². The Bertz CT molecular complexity index is 940. The minimum absolute atomic E-state index is 0.391. The molecule has 0 saturated heterocycles. The molecule has 3 nitrogen and oxygen atoms in total. The highest BCUT2D eigenvalue weighted by atomic mass is 35.5. The summed E-state index contributed by atoms with van der Waals surface area (Å²) in [7, 11) is 1.35. The number of carbonyl (C=O) groups is 1. The van der Waals surface area contributed by atoms with Crippen LogP contribution in [0.5, 0.6) is 0 Å². The third-order valence-electron chi connectivity index (χ3n) is 3.69. The van der Waals surface area contributed by atoms with E-state index >= 15 is 0 Å². The summed E-state index contributed by atoms with van der Waals surface area (Å²) >= 11 is 6.40. The van der Waals surface area contributed by atoms with Crippen LogP contribution >= 0.6 is 11.6 Å². The summed E-state index contributed by atoms with van der Waals surface area (Å²) in [6.07, 6.45) is 0. The van der Waals surface area contributed by atoms with Crippen molar-refractivity contribution in [3.63, 3.8) is 0 Å². The lowest BCUT2D eigenvalue weighted by Gasteiger charge is -2.11. The highest BCUT2D eigenvalue weighted by Crippen LogP contribution is 2.36. The number of hydrogen-bond acceptors (Lipinski definition) is 3. The van der Waals surface area contributed by atoms with E-state index in [0.717, 1.165) is 21.9 Å². The van der Waals surface area contributed by atoms with Crippen molar-refractivity contribution < 1.29 is 9.53 Å². The quantitative estimate of drug-likeness (QED) is 0.636. The molecule has 0 aliphatic rings. The van der Waals surface area contributed by atoms with Crippen LogP contribution in [0.15, 0.2) is 54.6 Å². The van der Waals surface area contributed by atoms with E-state index in [2.05, 4.69) is 6.07 Å². The second-order valence-corrected chi connectivity index (χ2v) is 5.45. The molecule has 23 heavy (non-hydrogen) atoms. The first-order valence-corrected chi connectivity index (χ1v) is 7.33. The van der Waals surface area contributed by atoms with Gasteiger partial charge in [0.2, 0.25) is 0 Å². The Kier molecular flexibility index (Phi) is 4.01. The van der Waals surface area contributed by atoms with Gasteiger partial charge in [-0.05, 0) is 46.7 Å². The third-order valence-corrected chi connectivity index (χ3v) is 4.01. The molecule has 0 spiro atoms. The van der Waals surface area contributed by atoms with Crippen LogP contribution in [0.3, 0.4) is 0 Å². The van der Waals surface area contributed by atoms with Crippen molar-refractivity contribution >= 4 is 28.3 Å². The Labute approximate surface area is 138 Å². The Morgan fingerprint density at radius 3 is 2.43 bits per heavy atom. The summed E-state index contributed by atoms with van der Waals surface area (Å²) in [5.74, 6) is -0.391. The van der Waals surface area contributed by atoms with Crippen molar-refractivity contribution in [2.24, 2.45) is 0 Å². The maximum atomic E-state index is 11.8. The lowest BCUT2D eigenvalue weighted by Crippen LogP contribution is -2.00. The fourth-order valence-corrected chi connectivity index (χ4v) is 2.82. The molecule has 0 saturated carbocycles. The Hall–Kier alpha value is -2.83. The zero-order valence-corrected chi connectivity index (χ0v) is 13.1. The number of methoxy groups -OCH3 is 1. The minimum atomic E-state index is -0.391. The average molecular weight is 322 g/mol. The van der Waals surface area contributed by atoms with Crippen molar-refractivity contribution in [3.05, 3.63) is 70.7 Å². The fourth-order valence-electron chi connectivity index (χ4n) is 2.54. The van der Waals surface area contributed by atoms with Crippen LogP contribution in [0.1, 0.15) is 15.9 Å². The van der Waals surface area contributed by atoms with Crippen LogP contribution in [-0.2, 0) is 4.74 Å². The molecule has 0 atom stereocenters. The molecule has 0 amide bonds. The number of rotatable bonds is 2. The predicted molar refractivity (Wildman–Crippen MR) is 90.4 cm³/mol. The molecule has 0 unspecified atom stereocenters. The lowest BCUT2D eigenvalue weighted by atomic mass is 9.96. The molecule has 3 aromatic rings. The van der Waals surface area contributed by atoms with Gasteiger partial charge in [0, 0.05) is 10.6 Å². The van der Waals surface area contributed by atoms with E-state index in [-0.39, 0.29) is 0 Å². The highest BCUT2D eigenvalue weighted by molar-refractivity contribution is 6.35. The van der Waals surface area contributed by atoms with E-state index in [9.17, 15) is 4.79 Å². The lowest BCUT2D eigenvalue weighted by molar-refractivity contribution is 0.0601. The van der Waals surface area contributed by atoms with Gasteiger partial charge in [-0.2, -0.15) is 5.26 Å². The van der Waals surface area contributed by atoms with Gasteiger partial charge in [0.1, 0.15) is 0 Å². The second kappa shape index (κ2) is 6.12. The molecule has 0 bridgehead atoms. The molecule has 0 aliphatic heterocycles. The molecule has 0 N–H and O–H groups in total. The molecule has 0 fully saturated rings. The summed E-state index contributed by atoms with van der Waals surface area (Å²) in [5, 5.41) is 11.3. The largest absolute Gasteiger partial charge is 0.465 e. The summed E-state index contributed by atoms with van der Waals surface area (Å²) in [6.45, 7) is 0. The number of halogens is 1. The summed E-state index contributed by atoms with van der Waals surface area (Å²) in [6, 6.07) is 18.4. The first kappa shape index (κ1) is 15.1. The van der Waals surface area contributed by atoms with Crippen LogP contribution in [0.25, 0.3) is 21.9 Å². The summed E-state index contributed by atoms with van der Waals surface area (Å²) in [5.41, 5.74) is 2.78. The minimum Gasteiger partial charge on any atom is -0.465 e. The van der Waals surface area contributed by atoms with Gasteiger partial charge in [0.25, 0.3) is 0 Å². The number of nitriles is 1. The van der Waals surface area contributed by atoms with Crippen molar-refractivity contribution in [1.82, 2.24) is 0 Å². The molecule has 4 heteroatoms. The summed E-state index contributed by atoms with van der Waals surface area (Å²) < 4.78 is 4.78. The van der Waals surface area contributed by atoms with Gasteiger partial charge >= 0.3 is 5.97 Å². The average Bonchev–Trinajstić information content (AvgIpc) is 2.60. The SMILES string of the molecule is COC(=O)c1ccc2ccc(Cl)c(-c3ccc(C#N)cc3)c2c1. The molecular weight excluding hydrogens is 310 g/mol. The second-order valence-electron chi connectivity index (χ2n) is 5.04. The molecule has 112 valence electrons. The Morgan fingerprint density at radius 1 is 1.09 bits per heavy atom. The number of ether oxygens (including phenoxy) is 1. The van der Waals surface area contributed by atoms with E-state index in [1.165, 1.54) is 7.11 Å². The van der Waals surface area contributed by atoms with Gasteiger partial charge in [0.05, 0.1) is 24.3 Å². The van der Waals surface area contributed by atoms with Gasteiger partial charge in [-0.25, -0.2) is 4.79 Å². The molecule has 3 aromatic carbocycles. The normalized spacial score (nSPS) is 10.3. The smallest absolute Gasteiger partial charge is 0.337 e. The number of esters is 1. The maximum absolute atomic E-state index is 11.8. The maximum Gasteiger partial charge on any atom is 0.337 e. The summed E-state index contributed by atoms with van der Waals surface area (Å²) in [4.78, 5) is 11.8. The number of fused-ring (bicyclic) bond motifs is 1. The number of hydrogen-bond donors (Lipinski definition) is 0. The molecular formula is C19H12ClNO2. The van der Waals surface area contributed by atoms with Crippen molar-refractivity contribution in [3.8, 4) is 17.2 Å². The number of carbonyl (C=O) groups excluding carboxylic acids is 1. The highest BCUT2D eigenvalue weighted by Gasteiger charge is 2.12. The first-order valence-electron chi connectivity index (χ1n) is 6.95. The topological polar surface area (TPSA) is 50.1 Å². The number of benzene rings is 3. The molecule has 0 aliphatic carbocycles. The fraction of sp³-hybridized carbons (Fsp3) is 0.0526. The molecule has 3 rings (SSSR count). The van der Waals surface area contributed by atoms with Crippen LogP contribution in [0, 0.1) is 11.3 Å². The zero-order valence-electron chi connectivity index (χ0n) is 12.3. The van der Waals surface area contributed by atoms with Crippen LogP contribution in [0.2, 0.25) is 5.02 Å². The van der Waals surface area contributed by atoms with Gasteiger partial charge in [-0.1, -0.05) is 35.9 Å².